The van der Waals surface area contributed by atoms with Crippen molar-refractivity contribution in [1.29, 1.82) is 0 Å². The molecule has 2 aromatic rings. The van der Waals surface area contributed by atoms with Gasteiger partial charge in [0.15, 0.2) is 0 Å². The third-order valence-corrected chi connectivity index (χ3v) is 4.03. The van der Waals surface area contributed by atoms with E-state index in [9.17, 15) is 20.4 Å². The molecule has 1 unspecified atom stereocenters. The lowest BCUT2D eigenvalue weighted by Gasteiger charge is -2.39. The van der Waals surface area contributed by atoms with Gasteiger partial charge in [0, 0.05) is 24.4 Å². The van der Waals surface area contributed by atoms with E-state index in [0.29, 0.717) is 18.0 Å². The minimum Gasteiger partial charge on any atom is -0.462 e. The lowest BCUT2D eigenvalue weighted by atomic mass is 9.99. The molecule has 3 rings (SSSR count). The first-order chi connectivity index (χ1) is 12.1. The Morgan fingerprint density at radius 3 is 2.40 bits per heavy atom. The summed E-state index contributed by atoms with van der Waals surface area (Å²) in [6, 6.07) is 8.84. The van der Waals surface area contributed by atoms with E-state index in [-0.39, 0.29) is 0 Å². The molecule has 1 aliphatic heterocycles. The number of nitrogens with zero attached hydrogens (tertiary/aromatic N) is 2. The first-order valence-corrected chi connectivity index (χ1v) is 7.91. The summed E-state index contributed by atoms with van der Waals surface area (Å²) >= 11 is 0. The van der Waals surface area contributed by atoms with Crippen molar-refractivity contribution in [2.75, 3.05) is 6.61 Å². The van der Waals surface area contributed by atoms with Gasteiger partial charge in [-0.05, 0) is 12.1 Å². The lowest BCUT2D eigenvalue weighted by Crippen LogP contribution is -2.60. The van der Waals surface area contributed by atoms with Gasteiger partial charge in [-0.15, -0.1) is 0 Å². The molecule has 0 amide bonds. The molecule has 0 aliphatic carbocycles. The molecule has 0 bridgehead atoms. The van der Waals surface area contributed by atoms with E-state index in [4.69, 9.17) is 9.47 Å². The molecule has 134 valence electrons. The molecule has 8 nitrogen and oxygen atoms in total. The van der Waals surface area contributed by atoms with Gasteiger partial charge >= 0.3 is 0 Å². The summed E-state index contributed by atoms with van der Waals surface area (Å²) in [6.45, 7) is -0.510. The summed E-state index contributed by atoms with van der Waals surface area (Å²) in [4.78, 5) is 8.34. The topological polar surface area (TPSA) is 125 Å². The van der Waals surface area contributed by atoms with Crippen molar-refractivity contribution < 1.29 is 29.9 Å². The molecule has 8 heteroatoms. The van der Waals surface area contributed by atoms with Crippen molar-refractivity contribution in [3.05, 3.63) is 54.1 Å². The highest BCUT2D eigenvalue weighted by Crippen LogP contribution is 2.27. The van der Waals surface area contributed by atoms with Crippen molar-refractivity contribution in [2.45, 2.75) is 37.1 Å². The van der Waals surface area contributed by atoms with Gasteiger partial charge in [0.05, 0.1) is 6.61 Å². The predicted molar refractivity (Wildman–Crippen MR) is 85.7 cm³/mol. The van der Waals surface area contributed by atoms with Crippen LogP contribution in [0.3, 0.4) is 0 Å². The minimum absolute atomic E-state index is 0.411. The maximum absolute atomic E-state index is 10.1. The second kappa shape index (κ2) is 7.85. The van der Waals surface area contributed by atoms with Crippen molar-refractivity contribution in [1.82, 2.24) is 9.97 Å². The van der Waals surface area contributed by atoms with Gasteiger partial charge in [-0.25, -0.2) is 9.97 Å². The van der Waals surface area contributed by atoms with E-state index >= 15 is 0 Å². The summed E-state index contributed by atoms with van der Waals surface area (Å²) in [6.07, 6.45) is -2.92. The van der Waals surface area contributed by atoms with Crippen LogP contribution >= 0.6 is 0 Å². The highest BCUT2D eigenvalue weighted by Gasteiger charge is 2.44. The highest BCUT2D eigenvalue weighted by molar-refractivity contribution is 5.35. The van der Waals surface area contributed by atoms with Crippen molar-refractivity contribution in [3.8, 4) is 5.75 Å². The molecule has 2 heterocycles. The van der Waals surface area contributed by atoms with Crippen molar-refractivity contribution in [2.24, 2.45) is 0 Å². The molecule has 1 aromatic carbocycles. The summed E-state index contributed by atoms with van der Waals surface area (Å²) < 4.78 is 11.1. The summed E-state index contributed by atoms with van der Waals surface area (Å²) in [7, 11) is 0. The van der Waals surface area contributed by atoms with Gasteiger partial charge in [0.25, 0.3) is 0 Å². The van der Waals surface area contributed by atoms with E-state index in [0.717, 1.165) is 5.56 Å². The largest absolute Gasteiger partial charge is 0.462 e. The van der Waals surface area contributed by atoms with Crippen LogP contribution in [0.1, 0.15) is 11.4 Å². The molecular formula is C17H20N2O6. The van der Waals surface area contributed by atoms with Crippen LogP contribution in [0, 0.1) is 0 Å². The van der Waals surface area contributed by atoms with Crippen LogP contribution < -0.4 is 4.74 Å². The van der Waals surface area contributed by atoms with Gasteiger partial charge < -0.3 is 29.9 Å². The van der Waals surface area contributed by atoms with Crippen LogP contribution in [0.25, 0.3) is 0 Å². The number of hydrogen-bond acceptors (Lipinski definition) is 8. The fourth-order valence-corrected chi connectivity index (χ4v) is 2.65. The molecule has 25 heavy (non-hydrogen) atoms. The zero-order chi connectivity index (χ0) is 17.8. The Morgan fingerprint density at radius 1 is 0.960 bits per heavy atom. The first kappa shape index (κ1) is 17.7. The van der Waals surface area contributed by atoms with E-state index in [1.165, 1.54) is 0 Å². The number of ether oxygens (including phenoxy) is 2. The van der Waals surface area contributed by atoms with Gasteiger partial charge in [-0.2, -0.15) is 0 Å². The van der Waals surface area contributed by atoms with E-state index < -0.39 is 37.3 Å². The number of aliphatic hydroxyl groups is 4. The van der Waals surface area contributed by atoms with Crippen LogP contribution in [0.4, 0.5) is 0 Å². The third kappa shape index (κ3) is 3.94. The lowest BCUT2D eigenvalue weighted by molar-refractivity contribution is -0.277. The zero-order valence-corrected chi connectivity index (χ0v) is 13.3. The number of para-hydroxylation sites is 1. The molecule has 1 saturated heterocycles. The number of aliphatic hydroxyl groups excluding tert-OH is 4. The Labute approximate surface area is 144 Å². The standard InChI is InChI=1S/C17H20N2O6/c20-9-12-14(21)15(22)16(23)17(25-12)24-11-5-2-1-4-10(11)8-13-18-6-3-7-19-13/h1-7,12,14-17,20-23H,8-9H2/t12-,14-,15+,16-,17?/m1/s1. The molecule has 0 saturated carbocycles. The minimum atomic E-state index is -1.49. The Bertz CT molecular complexity index is 684. The maximum Gasteiger partial charge on any atom is 0.229 e. The van der Waals surface area contributed by atoms with Gasteiger partial charge in [0.1, 0.15) is 36.0 Å². The van der Waals surface area contributed by atoms with Gasteiger partial charge in [-0.1, -0.05) is 18.2 Å². The van der Waals surface area contributed by atoms with Crippen molar-refractivity contribution >= 4 is 0 Å². The van der Waals surface area contributed by atoms with Crippen LogP contribution in [0.2, 0.25) is 0 Å². The Hall–Kier alpha value is -2.10. The van der Waals surface area contributed by atoms with E-state index in [2.05, 4.69) is 9.97 Å². The highest BCUT2D eigenvalue weighted by atomic mass is 16.7. The first-order valence-electron chi connectivity index (χ1n) is 7.91. The zero-order valence-electron chi connectivity index (χ0n) is 13.3. The Balaban J connectivity index is 1.78. The second-order valence-electron chi connectivity index (χ2n) is 5.76. The summed E-state index contributed by atoms with van der Waals surface area (Å²) in [5.74, 6) is 1.03. The second-order valence-corrected chi connectivity index (χ2v) is 5.76. The number of aromatic nitrogens is 2. The van der Waals surface area contributed by atoms with Gasteiger partial charge in [-0.3, -0.25) is 0 Å². The van der Waals surface area contributed by atoms with Crippen LogP contribution in [-0.2, 0) is 11.2 Å². The molecule has 0 radical (unpaired) electrons. The van der Waals surface area contributed by atoms with Crippen LogP contribution in [0.15, 0.2) is 42.7 Å². The number of benzene rings is 1. The van der Waals surface area contributed by atoms with Crippen LogP contribution in [-0.4, -0.2) is 67.7 Å². The molecule has 1 aromatic heterocycles. The predicted octanol–water partition coefficient (Wildman–Crippen LogP) is -0.754. The fraction of sp³-hybridized carbons (Fsp3) is 0.412. The average Bonchev–Trinajstić information content (AvgIpc) is 2.64. The van der Waals surface area contributed by atoms with Gasteiger partial charge in [0.2, 0.25) is 6.29 Å². The molecular weight excluding hydrogens is 328 g/mol. The normalized spacial score (nSPS) is 29.4. The molecule has 4 N–H and O–H groups in total. The molecule has 1 aliphatic rings. The summed E-state index contributed by atoms with van der Waals surface area (Å²) in [5.41, 5.74) is 0.769. The van der Waals surface area contributed by atoms with Crippen LogP contribution in [0.5, 0.6) is 5.75 Å². The Kier molecular flexibility index (Phi) is 5.57. The summed E-state index contributed by atoms with van der Waals surface area (Å²) in [5, 5.41) is 39.0. The molecule has 1 fully saturated rings. The monoisotopic (exact) mass is 348 g/mol. The van der Waals surface area contributed by atoms with Crippen molar-refractivity contribution in [3.63, 3.8) is 0 Å². The van der Waals surface area contributed by atoms with E-state index in [1.54, 1.807) is 30.6 Å². The fourth-order valence-electron chi connectivity index (χ4n) is 2.65. The number of rotatable bonds is 5. The molecule has 0 spiro atoms. The smallest absolute Gasteiger partial charge is 0.229 e. The quantitative estimate of drug-likeness (QED) is 0.556. The maximum atomic E-state index is 10.1. The van der Waals surface area contributed by atoms with E-state index in [1.807, 2.05) is 12.1 Å². The average molecular weight is 348 g/mol. The number of hydrogen-bond donors (Lipinski definition) is 4. The SMILES string of the molecule is OC[C@H]1OC(Oc2ccccc2Cc2ncccn2)[C@H](O)[C@@H](O)[C@@H]1O. The Morgan fingerprint density at radius 2 is 1.68 bits per heavy atom. The molecule has 5 atom stereocenters. The third-order valence-electron chi connectivity index (χ3n) is 4.03.